The van der Waals surface area contributed by atoms with E-state index in [1.54, 1.807) is 0 Å². The Bertz CT molecular complexity index is 670. The number of carbonyl (C=O) groups excluding carboxylic acids is 2. The van der Waals surface area contributed by atoms with Crippen LogP contribution >= 0.6 is 23.2 Å². The highest BCUT2D eigenvalue weighted by Gasteiger charge is 2.38. The number of hydrogen-bond donors (Lipinski definition) is 2. The zero-order valence-corrected chi connectivity index (χ0v) is 10.3. The van der Waals surface area contributed by atoms with Gasteiger partial charge < -0.3 is 10.5 Å². The number of amides is 1. The Morgan fingerprint density at radius 3 is 2.47 bits per heavy atom. The monoisotopic (exact) mass is 303 g/mol. The van der Waals surface area contributed by atoms with Crippen molar-refractivity contribution in [3.63, 3.8) is 0 Å². The third-order valence-electron chi connectivity index (χ3n) is 2.38. The molecule has 0 saturated heterocycles. The molecule has 0 aromatic heterocycles. The number of halogens is 2. The van der Waals surface area contributed by atoms with Crippen LogP contribution in [0, 0.1) is 10.1 Å². The van der Waals surface area contributed by atoms with E-state index in [1.165, 1.54) is 0 Å². The van der Waals surface area contributed by atoms with Gasteiger partial charge in [0.2, 0.25) is 11.5 Å². The molecule has 0 atom stereocenters. The van der Waals surface area contributed by atoms with Gasteiger partial charge in [0.15, 0.2) is 0 Å². The number of hydrogen-bond acceptors (Lipinski definition) is 6. The van der Waals surface area contributed by atoms with E-state index in [9.17, 15) is 19.7 Å². The van der Waals surface area contributed by atoms with Gasteiger partial charge >= 0.3 is 5.69 Å². The molecule has 98 valence electrons. The van der Waals surface area contributed by atoms with Gasteiger partial charge in [0, 0.05) is 0 Å². The maximum absolute atomic E-state index is 11.9. The molecule has 1 aliphatic rings. The van der Waals surface area contributed by atoms with E-state index in [1.807, 2.05) is 0 Å². The summed E-state index contributed by atoms with van der Waals surface area (Å²) in [7, 11) is 0. The summed E-state index contributed by atoms with van der Waals surface area (Å²) < 4.78 is 0. The van der Waals surface area contributed by atoms with Gasteiger partial charge in [-0.3, -0.25) is 19.7 Å². The zero-order valence-electron chi connectivity index (χ0n) is 8.81. The molecular weight excluding hydrogens is 301 g/mol. The van der Waals surface area contributed by atoms with Gasteiger partial charge in [-0.25, -0.2) is 0 Å². The zero-order chi connectivity index (χ0) is 14.3. The number of benzene rings is 1. The van der Waals surface area contributed by atoms with Crippen molar-refractivity contribution in [2.75, 3.05) is 5.32 Å². The molecule has 0 saturated carbocycles. The molecule has 19 heavy (non-hydrogen) atoms. The predicted octanol–water partition coefficient (Wildman–Crippen LogP) is 1.87. The molecule has 1 aliphatic heterocycles. The van der Waals surface area contributed by atoms with Crippen molar-refractivity contribution in [3.8, 4) is 0 Å². The normalized spacial score (nSPS) is 16.2. The van der Waals surface area contributed by atoms with Gasteiger partial charge in [0.05, 0.1) is 15.5 Å². The van der Waals surface area contributed by atoms with E-state index in [4.69, 9.17) is 28.4 Å². The number of carbonyl (C=O) groups is 2. The first-order valence-electron chi connectivity index (χ1n) is 4.63. The average molecular weight is 304 g/mol. The standard InChI is InChI=1S/C9H3Cl2N3O5/c10-2-1-3(11)7(14(18)19)5-4(2)8(15)6(13-17)9(16)12-5/h1,17H,(H,12,16)/b13-6-. The molecular formula is C9H3Cl2N3O5. The molecule has 1 amide bonds. The van der Waals surface area contributed by atoms with Crippen LogP contribution in [0.15, 0.2) is 11.2 Å². The highest BCUT2D eigenvalue weighted by Crippen LogP contribution is 2.41. The van der Waals surface area contributed by atoms with Crippen molar-refractivity contribution in [3.05, 3.63) is 31.8 Å². The molecule has 2 N–H and O–H groups in total. The number of ketones is 1. The fourth-order valence-corrected chi connectivity index (χ4v) is 2.23. The van der Waals surface area contributed by atoms with E-state index in [-0.39, 0.29) is 15.6 Å². The van der Waals surface area contributed by atoms with Crippen molar-refractivity contribution in [2.45, 2.75) is 0 Å². The number of nitro groups is 1. The van der Waals surface area contributed by atoms with Crippen molar-refractivity contribution < 1.29 is 19.7 Å². The van der Waals surface area contributed by atoms with Crippen molar-refractivity contribution >= 4 is 52.0 Å². The van der Waals surface area contributed by atoms with Crippen LogP contribution < -0.4 is 5.32 Å². The summed E-state index contributed by atoms with van der Waals surface area (Å²) in [4.78, 5) is 33.4. The number of anilines is 1. The molecule has 2 rings (SSSR count). The summed E-state index contributed by atoms with van der Waals surface area (Å²) in [5.41, 5.74) is -2.22. The SMILES string of the molecule is O=C1Nc2c(c(Cl)cc(Cl)c2[N+](=O)[O-])C(=O)/C1=N/O. The number of oxime groups is 1. The highest BCUT2D eigenvalue weighted by atomic mass is 35.5. The lowest BCUT2D eigenvalue weighted by molar-refractivity contribution is -0.383. The number of rotatable bonds is 1. The first-order valence-corrected chi connectivity index (χ1v) is 5.38. The maximum atomic E-state index is 11.9. The van der Waals surface area contributed by atoms with Crippen LogP contribution in [-0.4, -0.2) is 27.5 Å². The van der Waals surface area contributed by atoms with Gasteiger partial charge in [0.25, 0.3) is 5.91 Å². The second-order valence-electron chi connectivity index (χ2n) is 3.43. The quantitative estimate of drug-likeness (QED) is 0.466. The lowest BCUT2D eigenvalue weighted by Crippen LogP contribution is -2.36. The van der Waals surface area contributed by atoms with Crippen molar-refractivity contribution in [1.82, 2.24) is 0 Å². The lowest BCUT2D eigenvalue weighted by Gasteiger charge is -2.17. The third kappa shape index (κ3) is 1.90. The summed E-state index contributed by atoms with van der Waals surface area (Å²) in [6.07, 6.45) is 0. The minimum Gasteiger partial charge on any atom is -0.410 e. The Kier molecular flexibility index (Phi) is 3.13. The first-order chi connectivity index (χ1) is 8.88. The van der Waals surface area contributed by atoms with Crippen LogP contribution in [0.25, 0.3) is 0 Å². The number of Topliss-reactive ketones (excluding diaryl/α,β-unsaturated/α-hetero) is 1. The summed E-state index contributed by atoms with van der Waals surface area (Å²) >= 11 is 11.4. The Hall–Kier alpha value is -2.19. The van der Waals surface area contributed by atoms with Crippen LogP contribution in [0.1, 0.15) is 10.4 Å². The summed E-state index contributed by atoms with van der Waals surface area (Å²) in [6, 6.07) is 1.00. The van der Waals surface area contributed by atoms with E-state index < -0.39 is 33.7 Å². The Labute approximate surface area is 114 Å². The molecule has 10 heteroatoms. The van der Waals surface area contributed by atoms with Crippen LogP contribution in [-0.2, 0) is 4.79 Å². The molecule has 1 heterocycles. The van der Waals surface area contributed by atoms with Gasteiger partial charge in [-0.2, -0.15) is 0 Å². The molecule has 8 nitrogen and oxygen atoms in total. The van der Waals surface area contributed by atoms with Crippen molar-refractivity contribution in [2.24, 2.45) is 5.16 Å². The second-order valence-corrected chi connectivity index (χ2v) is 4.24. The fraction of sp³-hybridized carbons (Fsp3) is 0. The van der Waals surface area contributed by atoms with Crippen LogP contribution in [0.2, 0.25) is 10.0 Å². The van der Waals surface area contributed by atoms with Crippen LogP contribution in [0.3, 0.4) is 0 Å². The highest BCUT2D eigenvalue weighted by molar-refractivity contribution is 6.73. The maximum Gasteiger partial charge on any atom is 0.312 e. The third-order valence-corrected chi connectivity index (χ3v) is 2.97. The summed E-state index contributed by atoms with van der Waals surface area (Å²) in [5, 5.41) is 23.6. The Morgan fingerprint density at radius 1 is 1.32 bits per heavy atom. The number of nitrogens with zero attached hydrogens (tertiary/aromatic N) is 2. The van der Waals surface area contributed by atoms with Gasteiger partial charge in [-0.15, -0.1) is 0 Å². The van der Waals surface area contributed by atoms with Crippen molar-refractivity contribution in [1.29, 1.82) is 0 Å². The van der Waals surface area contributed by atoms with E-state index in [0.717, 1.165) is 6.07 Å². The fourth-order valence-electron chi connectivity index (χ4n) is 1.62. The van der Waals surface area contributed by atoms with Crippen LogP contribution in [0.5, 0.6) is 0 Å². The number of nitro benzene ring substituents is 1. The minimum atomic E-state index is -1.08. The van der Waals surface area contributed by atoms with Gasteiger partial charge in [-0.1, -0.05) is 28.4 Å². The average Bonchev–Trinajstić information content (AvgIpc) is 2.27. The van der Waals surface area contributed by atoms with Gasteiger partial charge in [-0.05, 0) is 6.07 Å². The van der Waals surface area contributed by atoms with E-state index in [0.29, 0.717) is 0 Å². The predicted molar refractivity (Wildman–Crippen MR) is 65.3 cm³/mol. The van der Waals surface area contributed by atoms with E-state index >= 15 is 0 Å². The Morgan fingerprint density at radius 2 is 1.95 bits per heavy atom. The molecule has 0 bridgehead atoms. The molecule has 0 radical (unpaired) electrons. The molecule has 1 aromatic carbocycles. The smallest absolute Gasteiger partial charge is 0.312 e. The molecule has 0 unspecified atom stereocenters. The summed E-state index contributed by atoms with van der Waals surface area (Å²) in [5.74, 6) is -2.10. The second kappa shape index (κ2) is 4.48. The lowest BCUT2D eigenvalue weighted by atomic mass is 9.98. The topological polar surface area (TPSA) is 122 Å². The molecule has 0 aliphatic carbocycles. The van der Waals surface area contributed by atoms with Gasteiger partial charge in [0.1, 0.15) is 10.7 Å². The van der Waals surface area contributed by atoms with Crippen LogP contribution in [0.4, 0.5) is 11.4 Å². The van der Waals surface area contributed by atoms with E-state index in [2.05, 4.69) is 10.5 Å². The molecule has 0 fully saturated rings. The number of nitrogens with one attached hydrogen (secondary N) is 1. The first kappa shape index (κ1) is 13.2. The summed E-state index contributed by atoms with van der Waals surface area (Å²) in [6.45, 7) is 0. The minimum absolute atomic E-state index is 0.197. The Balaban J connectivity index is 2.84. The number of fused-ring (bicyclic) bond motifs is 1. The molecule has 1 aromatic rings. The molecule has 0 spiro atoms. The largest absolute Gasteiger partial charge is 0.410 e.